The van der Waals surface area contributed by atoms with E-state index in [1.165, 1.54) is 7.11 Å². The highest BCUT2D eigenvalue weighted by atomic mass is 16.5. The zero-order chi connectivity index (χ0) is 12.9. The number of nitrogens with one attached hydrogen (secondary N) is 2. The highest BCUT2D eigenvalue weighted by Crippen LogP contribution is 2.28. The molecule has 0 radical (unpaired) electrons. The van der Waals surface area contributed by atoms with E-state index in [4.69, 9.17) is 9.84 Å². The third-order valence-corrected chi connectivity index (χ3v) is 3.06. The molecule has 0 saturated heterocycles. The van der Waals surface area contributed by atoms with Gasteiger partial charge in [0.05, 0.1) is 6.61 Å². The summed E-state index contributed by atoms with van der Waals surface area (Å²) in [5, 5.41) is 14.1. The normalized spacial score (nSPS) is 19.6. The molecule has 0 aromatic carbocycles. The summed E-state index contributed by atoms with van der Waals surface area (Å²) in [6, 6.07) is -1.45. The Morgan fingerprint density at radius 2 is 2.00 bits per heavy atom. The molecule has 1 fully saturated rings. The lowest BCUT2D eigenvalue weighted by atomic mass is 10.0. The molecular weight excluding hydrogens is 224 g/mol. The maximum Gasteiger partial charge on any atom is 0.328 e. The van der Waals surface area contributed by atoms with Crippen molar-refractivity contribution in [1.29, 1.82) is 0 Å². The highest BCUT2D eigenvalue weighted by molar-refractivity contribution is 5.83. The molecule has 1 saturated carbocycles. The Labute approximate surface area is 101 Å². The van der Waals surface area contributed by atoms with E-state index in [-0.39, 0.29) is 12.1 Å². The number of hydrogen-bond acceptors (Lipinski definition) is 3. The van der Waals surface area contributed by atoms with Crippen molar-refractivity contribution in [3.05, 3.63) is 0 Å². The molecule has 6 heteroatoms. The first-order chi connectivity index (χ1) is 7.97. The molecule has 1 unspecified atom stereocenters. The fraction of sp³-hybridized carbons (Fsp3) is 0.818. The number of carbonyl (C=O) groups is 2. The molecule has 1 rings (SSSR count). The van der Waals surface area contributed by atoms with Crippen LogP contribution in [0.3, 0.4) is 0 Å². The third-order valence-electron chi connectivity index (χ3n) is 3.06. The summed E-state index contributed by atoms with van der Waals surface area (Å²) < 4.78 is 4.74. The first kappa shape index (κ1) is 13.8. The van der Waals surface area contributed by atoms with Crippen molar-refractivity contribution in [3.8, 4) is 0 Å². The van der Waals surface area contributed by atoms with Crippen LogP contribution >= 0.6 is 0 Å². The maximum atomic E-state index is 11.7. The van der Waals surface area contributed by atoms with Crippen molar-refractivity contribution >= 4 is 12.0 Å². The summed E-state index contributed by atoms with van der Waals surface area (Å²) in [5.41, 5.74) is -0.208. The lowest BCUT2D eigenvalue weighted by Gasteiger charge is -2.26. The second-order valence-corrected chi connectivity index (χ2v) is 4.71. The van der Waals surface area contributed by atoms with E-state index in [9.17, 15) is 9.59 Å². The van der Waals surface area contributed by atoms with Crippen molar-refractivity contribution in [2.45, 2.75) is 44.2 Å². The van der Waals surface area contributed by atoms with Crippen molar-refractivity contribution in [2.75, 3.05) is 13.7 Å². The maximum absolute atomic E-state index is 11.7. The number of rotatable bonds is 5. The van der Waals surface area contributed by atoms with Gasteiger partial charge in [0.15, 0.2) is 6.04 Å². The van der Waals surface area contributed by atoms with Crippen LogP contribution in [0.5, 0.6) is 0 Å². The van der Waals surface area contributed by atoms with Crippen LogP contribution in [0.15, 0.2) is 0 Å². The van der Waals surface area contributed by atoms with Crippen LogP contribution in [-0.4, -0.2) is 42.4 Å². The molecule has 0 heterocycles. The number of aliphatic carboxylic acids is 1. The van der Waals surface area contributed by atoms with E-state index in [0.29, 0.717) is 0 Å². The number of amides is 2. The van der Waals surface area contributed by atoms with Gasteiger partial charge in [-0.05, 0) is 19.8 Å². The van der Waals surface area contributed by atoms with E-state index in [1.807, 2.05) is 6.92 Å². The van der Waals surface area contributed by atoms with Gasteiger partial charge >= 0.3 is 12.0 Å². The van der Waals surface area contributed by atoms with Crippen molar-refractivity contribution < 1.29 is 19.4 Å². The van der Waals surface area contributed by atoms with Crippen LogP contribution in [0.1, 0.15) is 32.6 Å². The number of methoxy groups -OCH3 is 1. The quantitative estimate of drug-likeness (QED) is 0.665. The van der Waals surface area contributed by atoms with Gasteiger partial charge in [-0.2, -0.15) is 0 Å². The Morgan fingerprint density at radius 3 is 2.47 bits per heavy atom. The SMILES string of the molecule is COCC(NC(=O)NC1(C)CCCC1)C(=O)O. The largest absolute Gasteiger partial charge is 0.480 e. The van der Waals surface area contributed by atoms with Crippen LogP contribution in [0.4, 0.5) is 4.79 Å². The van der Waals surface area contributed by atoms with E-state index < -0.39 is 18.0 Å². The Morgan fingerprint density at radius 1 is 1.41 bits per heavy atom. The van der Waals surface area contributed by atoms with Gasteiger partial charge in [-0.1, -0.05) is 12.8 Å². The van der Waals surface area contributed by atoms with Crippen molar-refractivity contribution in [1.82, 2.24) is 10.6 Å². The number of carboxylic acids is 1. The van der Waals surface area contributed by atoms with Gasteiger partial charge in [-0.25, -0.2) is 9.59 Å². The van der Waals surface area contributed by atoms with E-state index >= 15 is 0 Å². The molecule has 3 N–H and O–H groups in total. The van der Waals surface area contributed by atoms with Gasteiger partial charge in [0.2, 0.25) is 0 Å². The molecular formula is C11H20N2O4. The first-order valence-electron chi connectivity index (χ1n) is 5.77. The smallest absolute Gasteiger partial charge is 0.328 e. The monoisotopic (exact) mass is 244 g/mol. The van der Waals surface area contributed by atoms with Crippen molar-refractivity contribution in [3.63, 3.8) is 0 Å². The summed E-state index contributed by atoms with van der Waals surface area (Å²) in [4.78, 5) is 22.5. The molecule has 0 aromatic heterocycles. The molecule has 0 bridgehead atoms. The van der Waals surface area contributed by atoms with Gasteiger partial charge in [0.1, 0.15) is 0 Å². The zero-order valence-corrected chi connectivity index (χ0v) is 10.3. The third kappa shape index (κ3) is 4.22. The van der Waals surface area contributed by atoms with E-state index in [2.05, 4.69) is 10.6 Å². The molecule has 17 heavy (non-hydrogen) atoms. The molecule has 6 nitrogen and oxygen atoms in total. The fourth-order valence-electron chi connectivity index (χ4n) is 2.09. The molecule has 2 amide bonds. The number of carbonyl (C=O) groups excluding carboxylic acids is 1. The van der Waals surface area contributed by atoms with Crippen LogP contribution in [0.2, 0.25) is 0 Å². The number of urea groups is 1. The van der Waals surface area contributed by atoms with E-state index in [0.717, 1.165) is 25.7 Å². The standard InChI is InChI=1S/C11H20N2O4/c1-11(5-3-4-6-11)13-10(16)12-8(7-17-2)9(14)15/h8H,3-7H2,1-2H3,(H,14,15)(H2,12,13,16). The number of hydrogen-bond donors (Lipinski definition) is 3. The summed E-state index contributed by atoms with van der Waals surface area (Å²) in [5.74, 6) is -1.10. The van der Waals surface area contributed by atoms with E-state index in [1.54, 1.807) is 0 Å². The minimum atomic E-state index is -1.10. The summed E-state index contributed by atoms with van der Waals surface area (Å²) >= 11 is 0. The summed E-state index contributed by atoms with van der Waals surface area (Å²) in [6.45, 7) is 1.94. The van der Waals surface area contributed by atoms with Crippen LogP contribution in [-0.2, 0) is 9.53 Å². The Kier molecular flexibility index (Phi) is 4.74. The lowest BCUT2D eigenvalue weighted by Crippen LogP contribution is -2.54. The summed E-state index contributed by atoms with van der Waals surface area (Å²) in [6.07, 6.45) is 4.05. The minimum Gasteiger partial charge on any atom is -0.480 e. The lowest BCUT2D eigenvalue weighted by molar-refractivity contribution is -0.140. The van der Waals surface area contributed by atoms with Gasteiger partial charge in [0.25, 0.3) is 0 Å². The van der Waals surface area contributed by atoms with Crippen LogP contribution < -0.4 is 10.6 Å². The molecule has 0 spiro atoms. The number of carboxylic acid groups (broad SMARTS) is 1. The van der Waals surface area contributed by atoms with Gasteiger partial charge in [-0.3, -0.25) is 0 Å². The number of ether oxygens (including phenoxy) is 1. The second kappa shape index (κ2) is 5.86. The Hall–Kier alpha value is -1.30. The fourth-order valence-corrected chi connectivity index (χ4v) is 2.09. The molecule has 0 aromatic rings. The second-order valence-electron chi connectivity index (χ2n) is 4.71. The predicted octanol–water partition coefficient (Wildman–Crippen LogP) is 0.718. The highest BCUT2D eigenvalue weighted by Gasteiger charge is 2.31. The minimum absolute atomic E-state index is 0.0422. The molecule has 1 atom stereocenters. The molecule has 1 aliphatic carbocycles. The van der Waals surface area contributed by atoms with Crippen molar-refractivity contribution in [2.24, 2.45) is 0 Å². The van der Waals surface area contributed by atoms with Gasteiger partial charge < -0.3 is 20.5 Å². The Balaban J connectivity index is 2.44. The molecule has 98 valence electrons. The van der Waals surface area contributed by atoms with Crippen LogP contribution in [0, 0.1) is 0 Å². The van der Waals surface area contributed by atoms with Crippen LogP contribution in [0.25, 0.3) is 0 Å². The zero-order valence-electron chi connectivity index (χ0n) is 10.3. The predicted molar refractivity (Wildman–Crippen MR) is 61.8 cm³/mol. The van der Waals surface area contributed by atoms with Gasteiger partial charge in [0, 0.05) is 12.6 Å². The average molecular weight is 244 g/mol. The van der Waals surface area contributed by atoms with Gasteiger partial charge in [-0.15, -0.1) is 0 Å². The average Bonchev–Trinajstić information content (AvgIpc) is 2.63. The summed E-state index contributed by atoms with van der Waals surface area (Å²) in [7, 11) is 1.40. The molecule has 0 aliphatic heterocycles. The first-order valence-corrected chi connectivity index (χ1v) is 5.77. The molecule has 1 aliphatic rings. The Bertz CT molecular complexity index is 287. The topological polar surface area (TPSA) is 87.7 Å².